The van der Waals surface area contributed by atoms with Gasteiger partial charge in [0, 0.05) is 11.8 Å². The first-order chi connectivity index (χ1) is 15.6. The number of amides is 1. The van der Waals surface area contributed by atoms with Crippen molar-refractivity contribution in [3.05, 3.63) is 107 Å². The van der Waals surface area contributed by atoms with Crippen LogP contribution in [0.15, 0.2) is 101 Å². The lowest BCUT2D eigenvalue weighted by Gasteiger charge is -2.18. The highest BCUT2D eigenvalue weighted by Gasteiger charge is 2.22. The van der Waals surface area contributed by atoms with Crippen LogP contribution in [0.25, 0.3) is 28.4 Å². The van der Waals surface area contributed by atoms with E-state index in [4.69, 9.17) is 0 Å². The maximum Gasteiger partial charge on any atom is 0.263 e. The molecule has 1 amide bonds. The van der Waals surface area contributed by atoms with Crippen molar-refractivity contribution < 1.29 is 4.79 Å². The topological polar surface area (TPSA) is 76.3 Å². The maximum absolute atomic E-state index is 13.3. The number of aromatic nitrogens is 2. The number of carbonyl (C=O) groups excluding carboxylic acids is 1. The monoisotopic (exact) mass is 422 g/mol. The van der Waals surface area contributed by atoms with Crippen molar-refractivity contribution in [2.24, 2.45) is 5.10 Å². The Labute approximate surface area is 185 Å². The molecular formula is C26H22N4O2. The van der Waals surface area contributed by atoms with Gasteiger partial charge in [-0.1, -0.05) is 78.9 Å². The Kier molecular flexibility index (Phi) is 6.32. The smallest absolute Gasteiger partial charge is 0.263 e. The van der Waals surface area contributed by atoms with E-state index >= 15 is 0 Å². The molecule has 6 nitrogen and oxygen atoms in total. The fourth-order valence-electron chi connectivity index (χ4n) is 3.37. The number of nitrogens with zero attached hydrogens (tertiary/aromatic N) is 3. The number of hydrogen-bond donors (Lipinski definition) is 1. The van der Waals surface area contributed by atoms with E-state index in [9.17, 15) is 9.59 Å². The number of fused-ring (bicyclic) bond motifs is 1. The van der Waals surface area contributed by atoms with Gasteiger partial charge in [-0.05, 0) is 30.7 Å². The first kappa shape index (κ1) is 20.9. The van der Waals surface area contributed by atoms with E-state index in [1.807, 2.05) is 72.8 Å². The average molecular weight is 422 g/mol. The number of nitrogens with one attached hydrogen (secondary N) is 1. The fraction of sp³-hybridized carbons (Fsp3) is 0.0769. The van der Waals surface area contributed by atoms with Gasteiger partial charge in [-0.15, -0.1) is 0 Å². The van der Waals surface area contributed by atoms with Crippen LogP contribution in [0, 0.1) is 0 Å². The summed E-state index contributed by atoms with van der Waals surface area (Å²) in [5.41, 5.74) is 4.61. The third kappa shape index (κ3) is 4.54. The van der Waals surface area contributed by atoms with Crippen molar-refractivity contribution in [2.45, 2.75) is 13.0 Å². The van der Waals surface area contributed by atoms with Crippen molar-refractivity contribution in [1.29, 1.82) is 0 Å². The molecule has 0 aliphatic rings. The average Bonchev–Trinajstić information content (AvgIpc) is 2.84. The summed E-state index contributed by atoms with van der Waals surface area (Å²) in [7, 11) is 0. The van der Waals surface area contributed by atoms with Crippen LogP contribution in [0.4, 0.5) is 0 Å². The van der Waals surface area contributed by atoms with Crippen LogP contribution in [-0.4, -0.2) is 21.7 Å². The summed E-state index contributed by atoms with van der Waals surface area (Å²) < 4.78 is 1.42. The first-order valence-electron chi connectivity index (χ1n) is 10.3. The SMILES string of the molecule is CC(C(=O)NN=CC=Cc1ccccc1)n1c(-c2ccccc2)nc2ccccc2c1=O. The molecule has 0 saturated heterocycles. The van der Waals surface area contributed by atoms with Gasteiger partial charge in [-0.2, -0.15) is 5.10 Å². The van der Waals surface area contributed by atoms with Crippen LogP contribution in [0.3, 0.4) is 0 Å². The number of hydrazone groups is 1. The Balaban J connectivity index is 1.62. The van der Waals surface area contributed by atoms with Gasteiger partial charge >= 0.3 is 0 Å². The molecule has 0 fully saturated rings. The van der Waals surface area contributed by atoms with Crippen LogP contribution in [-0.2, 0) is 4.79 Å². The third-order valence-electron chi connectivity index (χ3n) is 5.03. The summed E-state index contributed by atoms with van der Waals surface area (Å²) in [5.74, 6) is 0.0237. The van der Waals surface area contributed by atoms with Gasteiger partial charge in [0.05, 0.1) is 10.9 Å². The van der Waals surface area contributed by atoms with Crippen molar-refractivity contribution in [1.82, 2.24) is 15.0 Å². The molecule has 0 spiro atoms. The van der Waals surface area contributed by atoms with Gasteiger partial charge in [0.15, 0.2) is 0 Å². The van der Waals surface area contributed by atoms with Crippen molar-refractivity contribution in [3.63, 3.8) is 0 Å². The molecule has 1 N–H and O–H groups in total. The van der Waals surface area contributed by atoms with E-state index in [1.54, 1.807) is 31.2 Å². The Morgan fingerprint density at radius 3 is 2.38 bits per heavy atom. The number of carbonyl (C=O) groups is 1. The number of allylic oxidation sites excluding steroid dienone is 1. The van der Waals surface area contributed by atoms with E-state index in [1.165, 1.54) is 10.8 Å². The molecule has 0 radical (unpaired) electrons. The molecule has 1 atom stereocenters. The molecule has 158 valence electrons. The second-order valence-corrected chi connectivity index (χ2v) is 7.19. The third-order valence-corrected chi connectivity index (χ3v) is 5.03. The van der Waals surface area contributed by atoms with E-state index < -0.39 is 11.9 Å². The van der Waals surface area contributed by atoms with Gasteiger partial charge in [0.2, 0.25) is 0 Å². The van der Waals surface area contributed by atoms with Crippen molar-refractivity contribution in [3.8, 4) is 11.4 Å². The summed E-state index contributed by atoms with van der Waals surface area (Å²) in [6, 6.07) is 25.4. The number of benzene rings is 3. The van der Waals surface area contributed by atoms with Crippen LogP contribution >= 0.6 is 0 Å². The Morgan fingerprint density at radius 2 is 1.62 bits per heavy atom. The highest BCUT2D eigenvalue weighted by Crippen LogP contribution is 2.21. The highest BCUT2D eigenvalue weighted by atomic mass is 16.2. The molecule has 0 aliphatic carbocycles. The van der Waals surface area contributed by atoms with E-state index in [0.29, 0.717) is 16.7 Å². The molecule has 4 rings (SSSR count). The lowest BCUT2D eigenvalue weighted by molar-refractivity contribution is -0.123. The van der Waals surface area contributed by atoms with Crippen LogP contribution in [0.1, 0.15) is 18.5 Å². The maximum atomic E-state index is 13.3. The number of rotatable bonds is 6. The molecule has 3 aromatic carbocycles. The molecule has 32 heavy (non-hydrogen) atoms. The predicted molar refractivity (Wildman–Crippen MR) is 128 cm³/mol. The highest BCUT2D eigenvalue weighted by molar-refractivity contribution is 5.85. The van der Waals surface area contributed by atoms with E-state index in [-0.39, 0.29) is 5.56 Å². The van der Waals surface area contributed by atoms with Crippen LogP contribution < -0.4 is 11.0 Å². The zero-order valence-corrected chi connectivity index (χ0v) is 17.6. The largest absolute Gasteiger partial charge is 0.280 e. The molecule has 0 aliphatic heterocycles. The summed E-state index contributed by atoms with van der Waals surface area (Å²) in [5, 5.41) is 4.44. The van der Waals surface area contributed by atoms with Gasteiger partial charge in [-0.3, -0.25) is 14.2 Å². The summed E-state index contributed by atoms with van der Waals surface area (Å²) >= 11 is 0. The van der Waals surface area contributed by atoms with Crippen molar-refractivity contribution >= 4 is 29.1 Å². The second kappa shape index (κ2) is 9.66. The first-order valence-corrected chi connectivity index (χ1v) is 10.3. The van der Waals surface area contributed by atoms with Crippen molar-refractivity contribution in [2.75, 3.05) is 0 Å². The molecule has 4 aromatic rings. The second-order valence-electron chi connectivity index (χ2n) is 7.19. The summed E-state index contributed by atoms with van der Waals surface area (Å²) in [6.07, 6.45) is 5.11. The molecule has 1 unspecified atom stereocenters. The van der Waals surface area contributed by atoms with E-state index in [2.05, 4.69) is 15.5 Å². The zero-order chi connectivity index (χ0) is 22.3. The minimum atomic E-state index is -0.815. The van der Waals surface area contributed by atoms with Gasteiger partial charge in [0.25, 0.3) is 11.5 Å². The number of hydrogen-bond acceptors (Lipinski definition) is 4. The Bertz CT molecular complexity index is 1340. The molecule has 1 aromatic heterocycles. The van der Waals surface area contributed by atoms with Gasteiger partial charge in [-0.25, -0.2) is 10.4 Å². The minimum absolute atomic E-state index is 0.273. The van der Waals surface area contributed by atoms with Crippen LogP contribution in [0.2, 0.25) is 0 Å². The predicted octanol–water partition coefficient (Wildman–Crippen LogP) is 4.44. The lowest BCUT2D eigenvalue weighted by atomic mass is 10.1. The molecule has 1 heterocycles. The summed E-state index contributed by atoms with van der Waals surface area (Å²) in [4.78, 5) is 30.8. The molecule has 0 saturated carbocycles. The number of para-hydroxylation sites is 1. The quantitative estimate of drug-likeness (QED) is 0.369. The zero-order valence-electron chi connectivity index (χ0n) is 17.6. The lowest BCUT2D eigenvalue weighted by Crippen LogP contribution is -2.35. The Hall–Kier alpha value is -4.32. The fourth-order valence-corrected chi connectivity index (χ4v) is 3.37. The summed E-state index contributed by atoms with van der Waals surface area (Å²) in [6.45, 7) is 1.66. The normalized spacial score (nSPS) is 12.4. The molecule has 6 heteroatoms. The Morgan fingerprint density at radius 1 is 0.969 bits per heavy atom. The van der Waals surface area contributed by atoms with E-state index in [0.717, 1.165) is 11.1 Å². The van der Waals surface area contributed by atoms with Gasteiger partial charge < -0.3 is 0 Å². The minimum Gasteiger partial charge on any atom is -0.280 e. The van der Waals surface area contributed by atoms with Crippen LogP contribution in [0.5, 0.6) is 0 Å². The van der Waals surface area contributed by atoms with Gasteiger partial charge in [0.1, 0.15) is 11.9 Å². The molecular weight excluding hydrogens is 400 g/mol. The molecule has 0 bridgehead atoms. The standard InChI is InChI=1S/C26H22N4O2/c1-19(25(31)29-27-18-10-13-20-11-4-2-5-12-20)30-24(21-14-6-3-7-15-21)28-23-17-9-8-16-22(23)26(30)32/h2-19H,1H3,(H,29,31).